The Morgan fingerprint density at radius 1 is 1.03 bits per heavy atom. The highest BCUT2D eigenvalue weighted by Gasteiger charge is 2.23. The number of carbonyl (C=O) groups is 1. The second kappa shape index (κ2) is 11.4. The van der Waals surface area contributed by atoms with Gasteiger partial charge in [-0.3, -0.25) is 4.90 Å². The number of piperazine rings is 1. The number of pyridine rings is 1. The SMILES string of the molecule is CC(C)OC(=O)c1cccnc1N1CCN(Cc2cccc(OCc3ccccc3Cl)c2)CC1. The van der Waals surface area contributed by atoms with Crippen LogP contribution in [0.5, 0.6) is 5.75 Å². The molecule has 178 valence electrons. The van der Waals surface area contributed by atoms with Crippen LogP contribution >= 0.6 is 11.6 Å². The van der Waals surface area contributed by atoms with Crippen molar-refractivity contribution in [2.45, 2.75) is 33.1 Å². The minimum atomic E-state index is -0.325. The number of hydrogen-bond donors (Lipinski definition) is 0. The lowest BCUT2D eigenvalue weighted by atomic mass is 10.1. The average Bonchev–Trinajstić information content (AvgIpc) is 2.84. The summed E-state index contributed by atoms with van der Waals surface area (Å²) >= 11 is 6.23. The third-order valence-electron chi connectivity index (χ3n) is 5.68. The van der Waals surface area contributed by atoms with Crippen molar-refractivity contribution in [3.63, 3.8) is 0 Å². The minimum Gasteiger partial charge on any atom is -0.489 e. The Labute approximate surface area is 206 Å². The summed E-state index contributed by atoms with van der Waals surface area (Å²) in [5.41, 5.74) is 2.69. The molecule has 0 aliphatic carbocycles. The summed E-state index contributed by atoms with van der Waals surface area (Å²) in [6.45, 7) is 8.31. The minimum absolute atomic E-state index is 0.165. The van der Waals surface area contributed by atoms with Crippen molar-refractivity contribution in [1.82, 2.24) is 9.88 Å². The molecule has 0 atom stereocenters. The summed E-state index contributed by atoms with van der Waals surface area (Å²) in [6.07, 6.45) is 1.56. The molecule has 0 N–H and O–H groups in total. The van der Waals surface area contributed by atoms with E-state index in [-0.39, 0.29) is 12.1 Å². The van der Waals surface area contributed by atoms with Gasteiger partial charge in [-0.2, -0.15) is 0 Å². The van der Waals surface area contributed by atoms with Gasteiger partial charge in [0, 0.05) is 49.5 Å². The number of nitrogens with zero attached hydrogens (tertiary/aromatic N) is 3. The third kappa shape index (κ3) is 6.27. The largest absolute Gasteiger partial charge is 0.489 e. The summed E-state index contributed by atoms with van der Waals surface area (Å²) in [5, 5.41) is 0.713. The predicted octanol–water partition coefficient (Wildman–Crippen LogP) is 5.20. The fourth-order valence-corrected chi connectivity index (χ4v) is 4.16. The number of anilines is 1. The van der Waals surface area contributed by atoms with Gasteiger partial charge in [-0.25, -0.2) is 9.78 Å². The lowest BCUT2D eigenvalue weighted by Crippen LogP contribution is -2.46. The Bertz CT molecular complexity index is 1110. The lowest BCUT2D eigenvalue weighted by molar-refractivity contribution is 0.0378. The molecule has 2 aromatic carbocycles. The van der Waals surface area contributed by atoms with Crippen LogP contribution in [0.4, 0.5) is 5.82 Å². The van der Waals surface area contributed by atoms with Crippen molar-refractivity contribution < 1.29 is 14.3 Å². The maximum Gasteiger partial charge on any atom is 0.342 e. The highest BCUT2D eigenvalue weighted by molar-refractivity contribution is 6.31. The molecule has 1 aliphatic heterocycles. The number of hydrogen-bond acceptors (Lipinski definition) is 6. The van der Waals surface area contributed by atoms with Gasteiger partial charge in [0.05, 0.1) is 6.10 Å². The molecule has 4 rings (SSSR count). The molecule has 0 unspecified atom stereocenters. The quantitative estimate of drug-likeness (QED) is 0.414. The van der Waals surface area contributed by atoms with Gasteiger partial charge < -0.3 is 14.4 Å². The Hall–Kier alpha value is -3.09. The third-order valence-corrected chi connectivity index (χ3v) is 6.05. The Kier molecular flexibility index (Phi) is 8.03. The molecule has 1 aromatic heterocycles. The zero-order valence-corrected chi connectivity index (χ0v) is 20.4. The maximum atomic E-state index is 12.5. The van der Waals surface area contributed by atoms with E-state index in [4.69, 9.17) is 21.1 Å². The molecule has 6 nitrogen and oxygen atoms in total. The number of carbonyl (C=O) groups excluding carboxylic acids is 1. The van der Waals surface area contributed by atoms with E-state index >= 15 is 0 Å². The van der Waals surface area contributed by atoms with E-state index in [0.717, 1.165) is 44.0 Å². The van der Waals surface area contributed by atoms with E-state index in [1.807, 2.05) is 50.2 Å². The van der Waals surface area contributed by atoms with Crippen LogP contribution in [0, 0.1) is 0 Å². The van der Waals surface area contributed by atoms with E-state index in [2.05, 4.69) is 26.9 Å². The monoisotopic (exact) mass is 479 g/mol. The van der Waals surface area contributed by atoms with Gasteiger partial charge in [0.25, 0.3) is 0 Å². The van der Waals surface area contributed by atoms with Crippen molar-refractivity contribution in [3.8, 4) is 5.75 Å². The first-order valence-electron chi connectivity index (χ1n) is 11.6. The van der Waals surface area contributed by atoms with E-state index in [1.54, 1.807) is 18.3 Å². The molecule has 2 heterocycles. The highest BCUT2D eigenvalue weighted by atomic mass is 35.5. The Morgan fingerprint density at radius 2 is 1.82 bits per heavy atom. The van der Waals surface area contributed by atoms with Gasteiger partial charge >= 0.3 is 5.97 Å². The van der Waals surface area contributed by atoms with Gasteiger partial charge in [-0.1, -0.05) is 41.9 Å². The summed E-state index contributed by atoms with van der Waals surface area (Å²) < 4.78 is 11.4. The van der Waals surface area contributed by atoms with Crippen LogP contribution in [0.2, 0.25) is 5.02 Å². The van der Waals surface area contributed by atoms with E-state index in [9.17, 15) is 4.79 Å². The van der Waals surface area contributed by atoms with Crippen LogP contribution in [0.15, 0.2) is 66.9 Å². The molecule has 3 aromatic rings. The number of ether oxygens (including phenoxy) is 2. The number of aromatic nitrogens is 1. The van der Waals surface area contributed by atoms with Gasteiger partial charge in [0.1, 0.15) is 23.7 Å². The van der Waals surface area contributed by atoms with Gasteiger partial charge in [0.15, 0.2) is 0 Å². The van der Waals surface area contributed by atoms with Gasteiger partial charge in [-0.15, -0.1) is 0 Å². The number of halogens is 1. The molecular weight excluding hydrogens is 450 g/mol. The van der Waals surface area contributed by atoms with Crippen molar-refractivity contribution in [3.05, 3.63) is 88.6 Å². The smallest absolute Gasteiger partial charge is 0.342 e. The molecule has 1 saturated heterocycles. The second-order valence-electron chi connectivity index (χ2n) is 8.62. The van der Waals surface area contributed by atoms with Crippen LogP contribution in [0.3, 0.4) is 0 Å². The number of esters is 1. The Balaban J connectivity index is 1.33. The van der Waals surface area contributed by atoms with Gasteiger partial charge in [-0.05, 0) is 49.7 Å². The summed E-state index contributed by atoms with van der Waals surface area (Å²) in [6, 6.07) is 19.5. The standard InChI is InChI=1S/C27H30ClN3O3/c1-20(2)34-27(32)24-10-6-12-29-26(24)31-15-13-30(14-16-31)18-21-7-5-9-23(17-21)33-19-22-8-3-4-11-25(22)28/h3-12,17,20H,13-16,18-19H2,1-2H3. The molecule has 0 bridgehead atoms. The maximum absolute atomic E-state index is 12.5. The van der Waals surface area contributed by atoms with E-state index in [0.29, 0.717) is 23.0 Å². The first kappa shape index (κ1) is 24.0. The zero-order valence-electron chi connectivity index (χ0n) is 19.6. The molecule has 1 fully saturated rings. The summed E-state index contributed by atoms with van der Waals surface area (Å²) in [7, 11) is 0. The number of rotatable bonds is 8. The molecular formula is C27H30ClN3O3. The normalized spacial score (nSPS) is 14.3. The van der Waals surface area contributed by atoms with Gasteiger partial charge in [0.2, 0.25) is 0 Å². The van der Waals surface area contributed by atoms with E-state index < -0.39 is 0 Å². The van der Waals surface area contributed by atoms with E-state index in [1.165, 1.54) is 5.56 Å². The van der Waals surface area contributed by atoms with Crippen LogP contribution in [-0.4, -0.2) is 48.1 Å². The molecule has 0 spiro atoms. The first-order valence-corrected chi connectivity index (χ1v) is 12.0. The fourth-order valence-electron chi connectivity index (χ4n) is 3.97. The Morgan fingerprint density at radius 3 is 2.59 bits per heavy atom. The molecule has 0 saturated carbocycles. The number of benzene rings is 2. The van der Waals surface area contributed by atoms with Crippen molar-refractivity contribution in [2.24, 2.45) is 0 Å². The predicted molar refractivity (Wildman–Crippen MR) is 135 cm³/mol. The topological polar surface area (TPSA) is 54.9 Å². The summed E-state index contributed by atoms with van der Waals surface area (Å²) in [5.74, 6) is 1.20. The zero-order chi connectivity index (χ0) is 23.9. The van der Waals surface area contributed by atoms with Crippen molar-refractivity contribution in [1.29, 1.82) is 0 Å². The van der Waals surface area contributed by atoms with Crippen LogP contribution in [0.25, 0.3) is 0 Å². The molecule has 0 amide bonds. The second-order valence-corrected chi connectivity index (χ2v) is 9.03. The lowest BCUT2D eigenvalue weighted by Gasteiger charge is -2.36. The highest BCUT2D eigenvalue weighted by Crippen LogP contribution is 2.23. The van der Waals surface area contributed by atoms with Crippen LogP contribution in [0.1, 0.15) is 35.3 Å². The fraction of sp³-hybridized carbons (Fsp3) is 0.333. The molecule has 7 heteroatoms. The average molecular weight is 480 g/mol. The molecule has 0 radical (unpaired) electrons. The van der Waals surface area contributed by atoms with Crippen LogP contribution in [-0.2, 0) is 17.9 Å². The van der Waals surface area contributed by atoms with Crippen LogP contribution < -0.4 is 9.64 Å². The summed E-state index contributed by atoms with van der Waals surface area (Å²) in [4.78, 5) is 21.5. The first-order chi connectivity index (χ1) is 16.5. The molecule has 34 heavy (non-hydrogen) atoms. The van der Waals surface area contributed by atoms with Crippen molar-refractivity contribution in [2.75, 3.05) is 31.1 Å². The van der Waals surface area contributed by atoms with Crippen molar-refractivity contribution >= 4 is 23.4 Å². The molecule has 1 aliphatic rings.